The zero-order chi connectivity index (χ0) is 14.5. The number of benzene rings is 2. The maximum absolute atomic E-state index is 13.2. The molecule has 0 saturated carbocycles. The number of hydrogen-bond donors (Lipinski definition) is 1. The van der Waals surface area contributed by atoms with Crippen LogP contribution in [0.25, 0.3) is 0 Å². The van der Waals surface area contributed by atoms with Gasteiger partial charge in [-0.15, -0.1) is 0 Å². The van der Waals surface area contributed by atoms with Crippen molar-refractivity contribution in [1.29, 1.82) is 0 Å². The van der Waals surface area contributed by atoms with Crippen LogP contribution in [0, 0.1) is 5.82 Å². The molecule has 3 nitrogen and oxygen atoms in total. The zero-order valence-corrected chi connectivity index (χ0v) is 12.4. The van der Waals surface area contributed by atoms with Crippen LogP contribution in [0.3, 0.4) is 0 Å². The van der Waals surface area contributed by atoms with Gasteiger partial charge in [0, 0.05) is 15.7 Å². The third kappa shape index (κ3) is 3.81. The van der Waals surface area contributed by atoms with Gasteiger partial charge in [0.2, 0.25) is 0 Å². The summed E-state index contributed by atoms with van der Waals surface area (Å²) in [6.45, 7) is 2.49. The van der Waals surface area contributed by atoms with Crippen molar-refractivity contribution in [2.24, 2.45) is 0 Å². The summed E-state index contributed by atoms with van der Waals surface area (Å²) in [4.78, 5) is 12.0. The van der Waals surface area contributed by atoms with Crippen LogP contribution < -0.4 is 10.1 Å². The number of carbonyl (C=O) groups is 1. The highest BCUT2D eigenvalue weighted by Crippen LogP contribution is 2.18. The first kappa shape index (κ1) is 14.5. The number of hydrogen-bond acceptors (Lipinski definition) is 2. The van der Waals surface area contributed by atoms with Crippen molar-refractivity contribution in [2.45, 2.75) is 6.92 Å². The molecule has 0 saturated heterocycles. The highest BCUT2D eigenvalue weighted by Gasteiger charge is 2.08. The summed E-state index contributed by atoms with van der Waals surface area (Å²) in [5.74, 6) is -0.0930. The Hall–Kier alpha value is -1.88. The van der Waals surface area contributed by atoms with Gasteiger partial charge in [-0.05, 0) is 49.4 Å². The second-order valence-corrected chi connectivity index (χ2v) is 4.99. The first-order chi connectivity index (χ1) is 9.58. The van der Waals surface area contributed by atoms with Crippen molar-refractivity contribution < 1.29 is 13.9 Å². The molecule has 0 heterocycles. The van der Waals surface area contributed by atoms with Gasteiger partial charge in [-0.25, -0.2) is 4.39 Å². The van der Waals surface area contributed by atoms with E-state index in [-0.39, 0.29) is 11.5 Å². The molecule has 0 fully saturated rings. The second kappa shape index (κ2) is 6.52. The average Bonchev–Trinajstić information content (AvgIpc) is 2.40. The largest absolute Gasteiger partial charge is 0.494 e. The van der Waals surface area contributed by atoms with Gasteiger partial charge in [0.1, 0.15) is 11.6 Å². The second-order valence-electron chi connectivity index (χ2n) is 4.07. The van der Waals surface area contributed by atoms with Gasteiger partial charge in [-0.2, -0.15) is 0 Å². The Morgan fingerprint density at radius 3 is 2.55 bits per heavy atom. The Balaban J connectivity index is 2.10. The maximum Gasteiger partial charge on any atom is 0.255 e. The van der Waals surface area contributed by atoms with Gasteiger partial charge in [0.15, 0.2) is 0 Å². The maximum atomic E-state index is 13.2. The summed E-state index contributed by atoms with van der Waals surface area (Å²) in [6.07, 6.45) is 0. The van der Waals surface area contributed by atoms with Crippen molar-refractivity contribution in [3.63, 3.8) is 0 Å². The lowest BCUT2D eigenvalue weighted by Crippen LogP contribution is -2.12. The number of rotatable bonds is 4. The normalized spacial score (nSPS) is 10.2. The lowest BCUT2D eigenvalue weighted by molar-refractivity contribution is 0.102. The van der Waals surface area contributed by atoms with E-state index in [0.29, 0.717) is 16.8 Å². The predicted octanol–water partition coefficient (Wildman–Crippen LogP) is 4.24. The molecular formula is C15H13BrFNO2. The number of ether oxygens (including phenoxy) is 1. The molecule has 0 aliphatic rings. The number of halogens is 2. The molecule has 2 rings (SSSR count). The molecule has 0 aliphatic carbocycles. The number of anilines is 1. The van der Waals surface area contributed by atoms with E-state index in [4.69, 9.17) is 4.74 Å². The Kier molecular flexibility index (Phi) is 4.74. The van der Waals surface area contributed by atoms with Crippen molar-refractivity contribution in [3.8, 4) is 5.75 Å². The smallest absolute Gasteiger partial charge is 0.255 e. The molecule has 0 aromatic heterocycles. The van der Waals surface area contributed by atoms with Crippen LogP contribution in [0.4, 0.5) is 10.1 Å². The monoisotopic (exact) mass is 337 g/mol. The van der Waals surface area contributed by atoms with E-state index < -0.39 is 5.82 Å². The fourth-order valence-corrected chi connectivity index (χ4v) is 2.15. The first-order valence-corrected chi connectivity index (χ1v) is 6.88. The van der Waals surface area contributed by atoms with Crippen LogP contribution in [-0.4, -0.2) is 12.5 Å². The molecule has 0 aliphatic heterocycles. The summed E-state index contributed by atoms with van der Waals surface area (Å²) < 4.78 is 19.1. The Morgan fingerprint density at radius 2 is 1.95 bits per heavy atom. The minimum Gasteiger partial charge on any atom is -0.494 e. The van der Waals surface area contributed by atoms with Crippen molar-refractivity contribution >= 4 is 27.5 Å². The molecule has 2 aromatic rings. The number of carbonyl (C=O) groups excluding carboxylic acids is 1. The SMILES string of the molecule is CCOc1ccc(NC(=O)c2cc(F)cc(Br)c2)cc1. The summed E-state index contributed by atoms with van der Waals surface area (Å²) in [7, 11) is 0. The lowest BCUT2D eigenvalue weighted by Gasteiger charge is -2.07. The molecule has 0 atom stereocenters. The molecule has 1 N–H and O–H groups in total. The van der Waals surface area contributed by atoms with Crippen LogP contribution in [-0.2, 0) is 0 Å². The molecule has 2 aromatic carbocycles. The molecular weight excluding hydrogens is 325 g/mol. The van der Waals surface area contributed by atoms with E-state index in [1.165, 1.54) is 12.1 Å². The van der Waals surface area contributed by atoms with Crippen LogP contribution in [0.1, 0.15) is 17.3 Å². The van der Waals surface area contributed by atoms with Gasteiger partial charge >= 0.3 is 0 Å². The Labute approximate surface area is 124 Å². The molecule has 104 valence electrons. The molecule has 0 spiro atoms. The van der Waals surface area contributed by atoms with Crippen molar-refractivity contribution in [1.82, 2.24) is 0 Å². The van der Waals surface area contributed by atoms with E-state index in [9.17, 15) is 9.18 Å². The third-order valence-corrected chi connectivity index (χ3v) is 3.01. The van der Waals surface area contributed by atoms with Crippen LogP contribution in [0.5, 0.6) is 5.75 Å². The van der Waals surface area contributed by atoms with Crippen LogP contribution in [0.15, 0.2) is 46.9 Å². The molecule has 0 bridgehead atoms. The van der Waals surface area contributed by atoms with Gasteiger partial charge in [0.05, 0.1) is 6.61 Å². The van der Waals surface area contributed by atoms with Gasteiger partial charge < -0.3 is 10.1 Å². The fourth-order valence-electron chi connectivity index (χ4n) is 1.69. The molecule has 0 radical (unpaired) electrons. The summed E-state index contributed by atoms with van der Waals surface area (Å²) in [5.41, 5.74) is 0.879. The lowest BCUT2D eigenvalue weighted by atomic mass is 10.2. The minimum atomic E-state index is -0.462. The zero-order valence-electron chi connectivity index (χ0n) is 10.8. The summed E-state index contributed by atoms with van der Waals surface area (Å²) >= 11 is 3.16. The van der Waals surface area contributed by atoms with E-state index in [2.05, 4.69) is 21.2 Å². The van der Waals surface area contributed by atoms with E-state index in [1.807, 2.05) is 6.92 Å². The summed E-state index contributed by atoms with van der Waals surface area (Å²) in [5, 5.41) is 2.70. The van der Waals surface area contributed by atoms with E-state index >= 15 is 0 Å². The third-order valence-electron chi connectivity index (χ3n) is 2.55. The highest BCUT2D eigenvalue weighted by molar-refractivity contribution is 9.10. The van der Waals surface area contributed by atoms with Crippen LogP contribution in [0.2, 0.25) is 0 Å². The fraction of sp³-hybridized carbons (Fsp3) is 0.133. The minimum absolute atomic E-state index is 0.255. The number of nitrogens with one attached hydrogen (secondary N) is 1. The van der Waals surface area contributed by atoms with E-state index in [0.717, 1.165) is 5.75 Å². The Bertz CT molecular complexity index is 594. The molecule has 1 amide bonds. The standard InChI is InChI=1S/C15H13BrFNO2/c1-2-20-14-5-3-13(4-6-14)18-15(19)10-7-11(16)9-12(17)8-10/h3-9H,2H2,1H3,(H,18,19). The van der Waals surface area contributed by atoms with Crippen molar-refractivity contribution in [3.05, 3.63) is 58.3 Å². The molecule has 5 heteroatoms. The predicted molar refractivity (Wildman–Crippen MR) is 79.7 cm³/mol. The first-order valence-electron chi connectivity index (χ1n) is 6.09. The van der Waals surface area contributed by atoms with Gasteiger partial charge in [0.25, 0.3) is 5.91 Å². The topological polar surface area (TPSA) is 38.3 Å². The quantitative estimate of drug-likeness (QED) is 0.906. The molecule has 20 heavy (non-hydrogen) atoms. The van der Waals surface area contributed by atoms with Crippen molar-refractivity contribution in [2.75, 3.05) is 11.9 Å². The molecule has 0 unspecified atom stereocenters. The Morgan fingerprint density at radius 1 is 1.25 bits per heavy atom. The summed E-state index contributed by atoms with van der Waals surface area (Å²) in [6, 6.07) is 11.0. The van der Waals surface area contributed by atoms with E-state index in [1.54, 1.807) is 30.3 Å². The van der Waals surface area contributed by atoms with Crippen LogP contribution >= 0.6 is 15.9 Å². The average molecular weight is 338 g/mol. The van der Waals surface area contributed by atoms with Gasteiger partial charge in [-0.1, -0.05) is 15.9 Å². The number of amides is 1. The highest BCUT2D eigenvalue weighted by atomic mass is 79.9. The van der Waals surface area contributed by atoms with Gasteiger partial charge in [-0.3, -0.25) is 4.79 Å².